The van der Waals surface area contributed by atoms with Gasteiger partial charge in [0.15, 0.2) is 0 Å². The van der Waals surface area contributed by atoms with Gasteiger partial charge in [0.2, 0.25) is 0 Å². The first-order valence-corrected chi connectivity index (χ1v) is 6.91. The van der Waals surface area contributed by atoms with Gasteiger partial charge in [-0.3, -0.25) is 4.68 Å². The highest BCUT2D eigenvalue weighted by atomic mass is 16.5. The van der Waals surface area contributed by atoms with E-state index in [9.17, 15) is 0 Å². The van der Waals surface area contributed by atoms with Crippen LogP contribution in [0, 0.1) is 6.92 Å². The van der Waals surface area contributed by atoms with Crippen molar-refractivity contribution in [3.63, 3.8) is 0 Å². The van der Waals surface area contributed by atoms with Crippen molar-refractivity contribution in [3.8, 4) is 5.75 Å². The Hall–Kier alpha value is -1.81. The zero-order valence-corrected chi connectivity index (χ0v) is 12.8. The third-order valence-electron chi connectivity index (χ3n) is 3.63. The molecule has 4 nitrogen and oxygen atoms in total. The van der Waals surface area contributed by atoms with Crippen LogP contribution in [0.4, 0.5) is 0 Å². The van der Waals surface area contributed by atoms with E-state index >= 15 is 0 Å². The number of nitrogens with one attached hydrogen (secondary N) is 1. The first kappa shape index (κ1) is 14.6. The van der Waals surface area contributed by atoms with Crippen LogP contribution in [0.15, 0.2) is 30.5 Å². The van der Waals surface area contributed by atoms with Crippen molar-refractivity contribution in [3.05, 3.63) is 47.3 Å². The van der Waals surface area contributed by atoms with Crippen LogP contribution >= 0.6 is 0 Å². The van der Waals surface area contributed by atoms with Crippen molar-refractivity contribution in [1.82, 2.24) is 15.1 Å². The summed E-state index contributed by atoms with van der Waals surface area (Å²) in [6, 6.07) is 8.72. The predicted molar refractivity (Wildman–Crippen MR) is 80.9 cm³/mol. The van der Waals surface area contributed by atoms with Crippen LogP contribution in [-0.2, 0) is 7.05 Å². The maximum absolute atomic E-state index is 5.19. The summed E-state index contributed by atoms with van der Waals surface area (Å²) in [6.07, 6.45) is 2.08. The molecule has 0 amide bonds. The van der Waals surface area contributed by atoms with E-state index in [4.69, 9.17) is 4.74 Å². The first-order valence-electron chi connectivity index (χ1n) is 6.91. The molecule has 0 aliphatic carbocycles. The highest BCUT2D eigenvalue weighted by Crippen LogP contribution is 2.22. The average molecular weight is 273 g/mol. The lowest BCUT2D eigenvalue weighted by Gasteiger charge is -2.20. The van der Waals surface area contributed by atoms with E-state index in [1.165, 1.54) is 11.1 Å². The normalized spacial score (nSPS) is 14.1. The van der Waals surface area contributed by atoms with Gasteiger partial charge >= 0.3 is 0 Å². The summed E-state index contributed by atoms with van der Waals surface area (Å²) in [5.74, 6) is 0.886. The van der Waals surface area contributed by atoms with Gasteiger partial charge in [-0.2, -0.15) is 5.10 Å². The topological polar surface area (TPSA) is 39.1 Å². The molecule has 0 aliphatic heterocycles. The molecule has 0 saturated heterocycles. The molecule has 0 fully saturated rings. The molecule has 1 N–H and O–H groups in total. The van der Waals surface area contributed by atoms with E-state index in [0.29, 0.717) is 0 Å². The fraction of sp³-hybridized carbons (Fsp3) is 0.438. The van der Waals surface area contributed by atoms with Gasteiger partial charge in [-0.05, 0) is 38.5 Å². The van der Waals surface area contributed by atoms with Crippen molar-refractivity contribution in [2.24, 2.45) is 7.05 Å². The van der Waals surface area contributed by atoms with E-state index in [1.54, 1.807) is 7.11 Å². The Bertz CT molecular complexity index is 560. The Labute approximate surface area is 120 Å². The van der Waals surface area contributed by atoms with Gasteiger partial charge in [0.05, 0.1) is 12.8 Å². The molecule has 0 radical (unpaired) electrons. The number of benzene rings is 1. The maximum Gasteiger partial charge on any atom is 0.118 e. The lowest BCUT2D eigenvalue weighted by Crippen LogP contribution is -2.22. The smallest absolute Gasteiger partial charge is 0.118 e. The van der Waals surface area contributed by atoms with Crippen LogP contribution in [0.3, 0.4) is 0 Å². The molecule has 1 aromatic carbocycles. The van der Waals surface area contributed by atoms with Gasteiger partial charge in [0.1, 0.15) is 5.75 Å². The Morgan fingerprint density at radius 2 is 1.80 bits per heavy atom. The number of aromatic nitrogens is 2. The molecule has 1 unspecified atom stereocenters. The SMILES string of the molecule is COc1ccc([C@@H](C)NC(C)c2cn(C)nc2C)cc1. The molecule has 2 aromatic rings. The van der Waals surface area contributed by atoms with Crippen LogP contribution < -0.4 is 10.1 Å². The van der Waals surface area contributed by atoms with Crippen molar-refractivity contribution in [1.29, 1.82) is 0 Å². The molecule has 0 spiro atoms. The zero-order chi connectivity index (χ0) is 14.7. The Kier molecular flexibility index (Phi) is 4.45. The minimum Gasteiger partial charge on any atom is -0.497 e. The lowest BCUT2D eigenvalue weighted by molar-refractivity contribution is 0.414. The van der Waals surface area contributed by atoms with Crippen LogP contribution in [0.5, 0.6) is 5.75 Å². The average Bonchev–Trinajstić information content (AvgIpc) is 2.78. The first-order chi connectivity index (χ1) is 9.51. The highest BCUT2D eigenvalue weighted by molar-refractivity contribution is 5.29. The van der Waals surface area contributed by atoms with Crippen LogP contribution in [-0.4, -0.2) is 16.9 Å². The second-order valence-electron chi connectivity index (χ2n) is 5.23. The summed E-state index contributed by atoms with van der Waals surface area (Å²) < 4.78 is 7.05. The summed E-state index contributed by atoms with van der Waals surface area (Å²) in [6.45, 7) is 6.39. The van der Waals surface area contributed by atoms with Crippen LogP contribution in [0.25, 0.3) is 0 Å². The monoisotopic (exact) mass is 273 g/mol. The van der Waals surface area contributed by atoms with E-state index in [1.807, 2.05) is 30.8 Å². The third-order valence-corrected chi connectivity index (χ3v) is 3.63. The summed E-state index contributed by atoms with van der Waals surface area (Å²) >= 11 is 0. The summed E-state index contributed by atoms with van der Waals surface area (Å²) in [5, 5.41) is 8.00. The van der Waals surface area contributed by atoms with E-state index in [2.05, 4.69) is 42.6 Å². The Morgan fingerprint density at radius 3 is 2.30 bits per heavy atom. The molecule has 4 heteroatoms. The van der Waals surface area contributed by atoms with Crippen LogP contribution in [0.2, 0.25) is 0 Å². The second kappa shape index (κ2) is 6.09. The van der Waals surface area contributed by atoms with Gasteiger partial charge < -0.3 is 10.1 Å². The molecular weight excluding hydrogens is 250 g/mol. The third kappa shape index (κ3) is 3.20. The van der Waals surface area contributed by atoms with Crippen molar-refractivity contribution in [2.75, 3.05) is 7.11 Å². The molecule has 2 atom stereocenters. The minimum atomic E-state index is 0.265. The predicted octanol–water partition coefficient (Wildman–Crippen LogP) is 3.15. The highest BCUT2D eigenvalue weighted by Gasteiger charge is 2.15. The summed E-state index contributed by atoms with van der Waals surface area (Å²) in [4.78, 5) is 0. The molecule has 0 aliphatic rings. The van der Waals surface area contributed by atoms with Crippen molar-refractivity contribution < 1.29 is 4.74 Å². The van der Waals surface area contributed by atoms with Gasteiger partial charge in [0.25, 0.3) is 0 Å². The quantitative estimate of drug-likeness (QED) is 0.909. The van der Waals surface area contributed by atoms with E-state index < -0.39 is 0 Å². The molecule has 0 bridgehead atoms. The number of methoxy groups -OCH3 is 1. The zero-order valence-electron chi connectivity index (χ0n) is 12.8. The largest absolute Gasteiger partial charge is 0.497 e. The van der Waals surface area contributed by atoms with Gasteiger partial charge in [-0.25, -0.2) is 0 Å². The summed E-state index contributed by atoms with van der Waals surface area (Å²) in [5.41, 5.74) is 3.57. The fourth-order valence-electron chi connectivity index (χ4n) is 2.50. The molecule has 1 aromatic heterocycles. The minimum absolute atomic E-state index is 0.265. The molecule has 2 rings (SSSR count). The second-order valence-corrected chi connectivity index (χ2v) is 5.23. The lowest BCUT2D eigenvalue weighted by atomic mass is 10.0. The standard InChI is InChI=1S/C16H23N3O/c1-11(14-6-8-15(20-5)9-7-14)17-12(2)16-10-19(4)18-13(16)3/h6-12,17H,1-5H3/t11-,12?/m1/s1. The number of hydrogen-bond donors (Lipinski definition) is 1. The van der Waals surface area contributed by atoms with E-state index in [-0.39, 0.29) is 12.1 Å². The molecule has 1 heterocycles. The Balaban J connectivity index is 2.06. The number of rotatable bonds is 5. The number of aryl methyl sites for hydroxylation is 2. The van der Waals surface area contributed by atoms with Crippen molar-refractivity contribution >= 4 is 0 Å². The van der Waals surface area contributed by atoms with Crippen molar-refractivity contribution in [2.45, 2.75) is 32.9 Å². The molecular formula is C16H23N3O. The van der Waals surface area contributed by atoms with Gasteiger partial charge in [-0.1, -0.05) is 12.1 Å². The molecule has 20 heavy (non-hydrogen) atoms. The number of nitrogens with zero attached hydrogens (tertiary/aromatic N) is 2. The summed E-state index contributed by atoms with van der Waals surface area (Å²) in [7, 11) is 3.64. The van der Waals surface area contributed by atoms with Gasteiger partial charge in [-0.15, -0.1) is 0 Å². The Morgan fingerprint density at radius 1 is 1.15 bits per heavy atom. The molecule has 0 saturated carbocycles. The van der Waals surface area contributed by atoms with Gasteiger partial charge in [0, 0.05) is 30.9 Å². The fourth-order valence-corrected chi connectivity index (χ4v) is 2.50. The number of ether oxygens (including phenoxy) is 1. The number of hydrogen-bond acceptors (Lipinski definition) is 3. The van der Waals surface area contributed by atoms with Crippen LogP contribution in [0.1, 0.15) is 42.8 Å². The molecule has 108 valence electrons. The maximum atomic E-state index is 5.19. The van der Waals surface area contributed by atoms with E-state index in [0.717, 1.165) is 11.4 Å².